The molecule has 2 N–H and O–H groups in total. The molecule has 16 heavy (non-hydrogen) atoms. The minimum Gasteiger partial charge on any atom is -0.463 e. The molecule has 0 bridgehead atoms. The van der Waals surface area contributed by atoms with Gasteiger partial charge in [0, 0.05) is 13.2 Å². The highest BCUT2D eigenvalue weighted by Crippen LogP contribution is 2.20. The number of nitrogens with two attached hydrogens (primary N) is 1. The lowest BCUT2D eigenvalue weighted by Gasteiger charge is -2.23. The third kappa shape index (κ3) is 5.47. The van der Waals surface area contributed by atoms with E-state index < -0.39 is 5.41 Å². The van der Waals surface area contributed by atoms with Crippen molar-refractivity contribution in [3.63, 3.8) is 0 Å². The zero-order chi connectivity index (χ0) is 12.6. The van der Waals surface area contributed by atoms with E-state index in [4.69, 9.17) is 15.2 Å². The molecule has 0 rings (SSSR count). The summed E-state index contributed by atoms with van der Waals surface area (Å²) >= 11 is 0. The van der Waals surface area contributed by atoms with Crippen LogP contribution in [0.1, 0.15) is 34.1 Å². The van der Waals surface area contributed by atoms with E-state index in [0.29, 0.717) is 38.7 Å². The van der Waals surface area contributed by atoms with Crippen molar-refractivity contribution >= 4 is 5.97 Å². The standard InChI is InChI=1S/C12H25NO3/c1-5-12(4,9-13)11(14)16-7-6-15-8-10(2)3/h10H,5-9,13H2,1-4H3. The van der Waals surface area contributed by atoms with Gasteiger partial charge in [-0.15, -0.1) is 0 Å². The maximum atomic E-state index is 11.7. The number of carbonyl (C=O) groups is 1. The van der Waals surface area contributed by atoms with Gasteiger partial charge < -0.3 is 15.2 Å². The fourth-order valence-electron chi connectivity index (χ4n) is 1.06. The van der Waals surface area contributed by atoms with Crippen LogP contribution < -0.4 is 5.73 Å². The van der Waals surface area contributed by atoms with Gasteiger partial charge in [-0.25, -0.2) is 0 Å². The third-order valence-electron chi connectivity index (χ3n) is 2.64. The second-order valence-corrected chi connectivity index (χ2v) is 4.72. The quantitative estimate of drug-likeness (QED) is 0.509. The van der Waals surface area contributed by atoms with Crippen LogP contribution in [0, 0.1) is 11.3 Å². The van der Waals surface area contributed by atoms with E-state index in [9.17, 15) is 4.79 Å². The van der Waals surface area contributed by atoms with E-state index in [1.165, 1.54) is 0 Å². The van der Waals surface area contributed by atoms with Crippen LogP contribution in [-0.2, 0) is 14.3 Å². The third-order valence-corrected chi connectivity index (χ3v) is 2.64. The molecule has 96 valence electrons. The summed E-state index contributed by atoms with van der Waals surface area (Å²) in [5, 5.41) is 0. The van der Waals surface area contributed by atoms with Crippen molar-refractivity contribution in [2.24, 2.45) is 17.1 Å². The van der Waals surface area contributed by atoms with Gasteiger partial charge in [0.1, 0.15) is 6.61 Å². The molecule has 0 radical (unpaired) electrons. The normalized spacial score (nSPS) is 14.9. The first-order valence-corrected chi connectivity index (χ1v) is 5.91. The number of hydrogen-bond donors (Lipinski definition) is 1. The lowest BCUT2D eigenvalue weighted by molar-refractivity contribution is -0.156. The second-order valence-electron chi connectivity index (χ2n) is 4.72. The van der Waals surface area contributed by atoms with Crippen molar-refractivity contribution in [1.82, 2.24) is 0 Å². The van der Waals surface area contributed by atoms with E-state index in [-0.39, 0.29) is 5.97 Å². The van der Waals surface area contributed by atoms with Gasteiger partial charge in [-0.3, -0.25) is 4.79 Å². The average Bonchev–Trinajstić information content (AvgIpc) is 2.26. The van der Waals surface area contributed by atoms with Crippen LogP contribution in [0.2, 0.25) is 0 Å². The predicted molar refractivity (Wildman–Crippen MR) is 64.1 cm³/mol. The van der Waals surface area contributed by atoms with Crippen molar-refractivity contribution in [2.45, 2.75) is 34.1 Å². The molecule has 0 fully saturated rings. The van der Waals surface area contributed by atoms with Crippen LogP contribution in [0.25, 0.3) is 0 Å². The van der Waals surface area contributed by atoms with Gasteiger partial charge in [0.15, 0.2) is 0 Å². The molecule has 0 spiro atoms. The second kappa shape index (κ2) is 7.63. The smallest absolute Gasteiger partial charge is 0.313 e. The van der Waals surface area contributed by atoms with Crippen LogP contribution in [0.3, 0.4) is 0 Å². The molecule has 0 aromatic rings. The molecule has 0 saturated carbocycles. The monoisotopic (exact) mass is 231 g/mol. The molecule has 0 saturated heterocycles. The number of esters is 1. The molecule has 0 aliphatic rings. The van der Waals surface area contributed by atoms with Crippen molar-refractivity contribution < 1.29 is 14.3 Å². The van der Waals surface area contributed by atoms with Crippen molar-refractivity contribution in [2.75, 3.05) is 26.4 Å². The summed E-state index contributed by atoms with van der Waals surface area (Å²) in [7, 11) is 0. The lowest BCUT2D eigenvalue weighted by atomic mass is 9.88. The first kappa shape index (κ1) is 15.4. The zero-order valence-corrected chi connectivity index (χ0v) is 10.9. The summed E-state index contributed by atoms with van der Waals surface area (Å²) in [6.45, 7) is 9.68. The van der Waals surface area contributed by atoms with E-state index in [1.54, 1.807) is 0 Å². The van der Waals surface area contributed by atoms with Crippen LogP contribution >= 0.6 is 0 Å². The number of ether oxygens (including phenoxy) is 2. The Bertz CT molecular complexity index is 200. The molecule has 4 nitrogen and oxygen atoms in total. The Balaban J connectivity index is 3.73. The molecular formula is C12H25NO3. The van der Waals surface area contributed by atoms with Crippen LogP contribution in [-0.4, -0.2) is 32.3 Å². The van der Waals surface area contributed by atoms with Crippen molar-refractivity contribution in [3.05, 3.63) is 0 Å². The van der Waals surface area contributed by atoms with E-state index in [1.807, 2.05) is 13.8 Å². The minimum absolute atomic E-state index is 0.231. The maximum absolute atomic E-state index is 11.7. The van der Waals surface area contributed by atoms with Crippen molar-refractivity contribution in [1.29, 1.82) is 0 Å². The topological polar surface area (TPSA) is 61.6 Å². The fourth-order valence-corrected chi connectivity index (χ4v) is 1.06. The fraction of sp³-hybridized carbons (Fsp3) is 0.917. The first-order valence-electron chi connectivity index (χ1n) is 5.91. The molecular weight excluding hydrogens is 206 g/mol. The molecule has 1 atom stereocenters. The largest absolute Gasteiger partial charge is 0.463 e. The summed E-state index contributed by atoms with van der Waals surface area (Å²) in [5.74, 6) is 0.270. The Kier molecular flexibility index (Phi) is 7.34. The van der Waals surface area contributed by atoms with Gasteiger partial charge in [0.05, 0.1) is 12.0 Å². The van der Waals surface area contributed by atoms with Gasteiger partial charge in [-0.05, 0) is 19.3 Å². The number of carbonyl (C=O) groups excluding carboxylic acids is 1. The number of hydrogen-bond acceptors (Lipinski definition) is 4. The zero-order valence-electron chi connectivity index (χ0n) is 10.9. The van der Waals surface area contributed by atoms with Crippen molar-refractivity contribution in [3.8, 4) is 0 Å². The minimum atomic E-state index is -0.557. The summed E-state index contributed by atoms with van der Waals surface area (Å²) in [4.78, 5) is 11.7. The van der Waals surface area contributed by atoms with Gasteiger partial charge in [-0.2, -0.15) is 0 Å². The Morgan fingerprint density at radius 1 is 1.38 bits per heavy atom. The highest BCUT2D eigenvalue weighted by atomic mass is 16.6. The molecule has 0 amide bonds. The first-order chi connectivity index (χ1) is 7.46. The Morgan fingerprint density at radius 3 is 2.44 bits per heavy atom. The van der Waals surface area contributed by atoms with E-state index in [2.05, 4.69) is 13.8 Å². The average molecular weight is 231 g/mol. The SMILES string of the molecule is CCC(C)(CN)C(=O)OCCOCC(C)C. The Morgan fingerprint density at radius 2 is 2.00 bits per heavy atom. The molecule has 0 aromatic heterocycles. The van der Waals surface area contributed by atoms with Crippen LogP contribution in [0.15, 0.2) is 0 Å². The molecule has 0 aromatic carbocycles. The van der Waals surface area contributed by atoms with Gasteiger partial charge >= 0.3 is 5.97 Å². The molecule has 0 heterocycles. The highest BCUT2D eigenvalue weighted by Gasteiger charge is 2.31. The lowest BCUT2D eigenvalue weighted by Crippen LogP contribution is -2.37. The summed E-state index contributed by atoms with van der Waals surface area (Å²) in [6, 6.07) is 0. The van der Waals surface area contributed by atoms with Gasteiger partial charge in [-0.1, -0.05) is 20.8 Å². The summed E-state index contributed by atoms with van der Waals surface area (Å²) in [5.41, 5.74) is 5.00. The molecule has 4 heteroatoms. The molecule has 1 unspecified atom stereocenters. The van der Waals surface area contributed by atoms with E-state index >= 15 is 0 Å². The maximum Gasteiger partial charge on any atom is 0.313 e. The predicted octanol–water partition coefficient (Wildman–Crippen LogP) is 1.58. The van der Waals surface area contributed by atoms with Crippen LogP contribution in [0.5, 0.6) is 0 Å². The van der Waals surface area contributed by atoms with Crippen LogP contribution in [0.4, 0.5) is 0 Å². The molecule has 0 aliphatic heterocycles. The summed E-state index contributed by atoms with van der Waals surface area (Å²) < 4.78 is 10.4. The Hall–Kier alpha value is -0.610. The Labute approximate surface area is 98.5 Å². The van der Waals surface area contributed by atoms with Gasteiger partial charge in [0.25, 0.3) is 0 Å². The van der Waals surface area contributed by atoms with E-state index in [0.717, 1.165) is 0 Å². The number of rotatable bonds is 8. The highest BCUT2D eigenvalue weighted by molar-refractivity contribution is 5.76. The molecule has 0 aliphatic carbocycles. The summed E-state index contributed by atoms with van der Waals surface area (Å²) in [6.07, 6.45) is 0.690. The van der Waals surface area contributed by atoms with Gasteiger partial charge in [0.2, 0.25) is 0 Å².